The van der Waals surface area contributed by atoms with Crippen LogP contribution >= 0.6 is 0 Å². The van der Waals surface area contributed by atoms with Crippen molar-refractivity contribution in [1.82, 2.24) is 5.32 Å². The van der Waals surface area contributed by atoms with Crippen molar-refractivity contribution in [3.8, 4) is 0 Å². The summed E-state index contributed by atoms with van der Waals surface area (Å²) >= 11 is 0. The number of carbonyl (C=O) groups is 2. The second kappa shape index (κ2) is 13.4. The van der Waals surface area contributed by atoms with Gasteiger partial charge in [0.2, 0.25) is 0 Å². The van der Waals surface area contributed by atoms with Crippen molar-refractivity contribution in [1.29, 1.82) is 0 Å². The number of hydrogen-bond acceptors (Lipinski definition) is 4. The minimum absolute atomic E-state index is 0.376. The average Bonchev–Trinajstić information content (AvgIpc) is 2.52. The highest BCUT2D eigenvalue weighted by atomic mass is 16.6. The second-order valence-corrected chi connectivity index (χ2v) is 5.67. The van der Waals surface area contributed by atoms with Gasteiger partial charge in [-0.25, -0.2) is 9.59 Å². The minimum atomic E-state index is -0.611. The molecule has 1 N–H and O–H groups in total. The summed E-state index contributed by atoms with van der Waals surface area (Å²) in [7, 11) is 0. The number of hydrogen-bond donors (Lipinski definition) is 1. The number of ether oxygens (including phenoxy) is 2. The molecule has 0 saturated carbocycles. The van der Waals surface area contributed by atoms with Crippen LogP contribution in [0.5, 0.6) is 0 Å². The molecule has 0 spiro atoms. The molecule has 0 aliphatic rings. The number of unbranched alkanes of at least 4 members (excludes halogenated alkanes) is 1. The Morgan fingerprint density at radius 1 is 0.955 bits per heavy atom. The Bertz CT molecular complexity index is 307. The van der Waals surface area contributed by atoms with E-state index < -0.39 is 12.1 Å². The van der Waals surface area contributed by atoms with Crippen LogP contribution in [0.1, 0.15) is 72.6 Å². The predicted molar refractivity (Wildman–Crippen MR) is 87.7 cm³/mol. The van der Waals surface area contributed by atoms with E-state index >= 15 is 0 Å². The quantitative estimate of drug-likeness (QED) is 0.552. The Balaban J connectivity index is 4.23. The molecule has 0 aliphatic carbocycles. The van der Waals surface area contributed by atoms with E-state index in [0.29, 0.717) is 25.6 Å². The van der Waals surface area contributed by atoms with Crippen LogP contribution < -0.4 is 5.32 Å². The molecule has 0 radical (unpaired) electrons. The first kappa shape index (κ1) is 20.7. The summed E-state index contributed by atoms with van der Waals surface area (Å²) in [5.74, 6) is 0.0149. The van der Waals surface area contributed by atoms with E-state index in [1.807, 2.05) is 13.8 Å². The Kier molecular flexibility index (Phi) is 12.6. The van der Waals surface area contributed by atoms with Gasteiger partial charge in [-0.15, -0.1) is 0 Å². The first-order chi connectivity index (χ1) is 10.6. The van der Waals surface area contributed by atoms with Crippen LogP contribution in [0.25, 0.3) is 0 Å². The summed E-state index contributed by atoms with van der Waals surface area (Å²) in [5, 5.41) is 2.63. The van der Waals surface area contributed by atoms with Crippen LogP contribution in [0.3, 0.4) is 0 Å². The number of alkyl carbamates (subject to hydrolysis) is 1. The van der Waals surface area contributed by atoms with Gasteiger partial charge in [0, 0.05) is 0 Å². The summed E-state index contributed by atoms with van der Waals surface area (Å²) in [6.07, 6.45) is 5.94. The number of amides is 1. The largest absolute Gasteiger partial charge is 0.464 e. The highest BCUT2D eigenvalue weighted by Gasteiger charge is 2.22. The minimum Gasteiger partial charge on any atom is -0.464 e. The lowest BCUT2D eigenvalue weighted by Crippen LogP contribution is -2.42. The van der Waals surface area contributed by atoms with Crippen LogP contribution in [0.4, 0.5) is 4.79 Å². The number of rotatable bonds is 12. The van der Waals surface area contributed by atoms with Crippen molar-refractivity contribution >= 4 is 12.1 Å². The van der Waals surface area contributed by atoms with Crippen molar-refractivity contribution < 1.29 is 19.1 Å². The van der Waals surface area contributed by atoms with Crippen molar-refractivity contribution in [2.75, 3.05) is 13.2 Å². The third kappa shape index (κ3) is 9.64. The molecule has 0 saturated heterocycles. The van der Waals surface area contributed by atoms with Gasteiger partial charge in [-0.1, -0.05) is 53.4 Å². The molecule has 0 rings (SSSR count). The second-order valence-electron chi connectivity index (χ2n) is 5.67. The molecule has 0 bridgehead atoms. The van der Waals surface area contributed by atoms with Gasteiger partial charge in [0.25, 0.3) is 0 Å². The smallest absolute Gasteiger partial charge is 0.407 e. The van der Waals surface area contributed by atoms with Crippen LogP contribution in [0.15, 0.2) is 0 Å². The van der Waals surface area contributed by atoms with Gasteiger partial charge in [-0.05, 0) is 25.2 Å². The van der Waals surface area contributed by atoms with Gasteiger partial charge in [0.1, 0.15) is 6.04 Å². The van der Waals surface area contributed by atoms with E-state index in [0.717, 1.165) is 38.5 Å². The number of nitrogens with one attached hydrogen (secondary N) is 1. The van der Waals surface area contributed by atoms with Crippen LogP contribution in [0, 0.1) is 5.92 Å². The zero-order valence-corrected chi connectivity index (χ0v) is 14.7. The third-order valence-corrected chi connectivity index (χ3v) is 3.60. The Labute approximate surface area is 135 Å². The molecule has 0 aliphatic heterocycles. The molecule has 0 fully saturated rings. The van der Waals surface area contributed by atoms with Crippen LogP contribution in [0.2, 0.25) is 0 Å². The fourth-order valence-electron chi connectivity index (χ4n) is 2.12. The zero-order chi connectivity index (χ0) is 16.8. The summed E-state index contributed by atoms with van der Waals surface area (Å²) < 4.78 is 10.4. The predicted octanol–water partition coefficient (Wildman–Crippen LogP) is 4.05. The number of esters is 1. The zero-order valence-electron chi connectivity index (χ0n) is 14.7. The first-order valence-electron chi connectivity index (χ1n) is 8.68. The lowest BCUT2D eigenvalue weighted by Gasteiger charge is -2.19. The Morgan fingerprint density at radius 2 is 1.68 bits per heavy atom. The monoisotopic (exact) mass is 315 g/mol. The van der Waals surface area contributed by atoms with Gasteiger partial charge < -0.3 is 14.8 Å². The molecule has 2 unspecified atom stereocenters. The topological polar surface area (TPSA) is 64.6 Å². The lowest BCUT2D eigenvalue weighted by atomic mass is 10.0. The lowest BCUT2D eigenvalue weighted by molar-refractivity contribution is -0.146. The molecule has 0 heterocycles. The number of carbonyl (C=O) groups excluding carboxylic acids is 2. The standard InChI is InChI=1S/C17H33NO4/c1-5-9-11-14(8-4)13-22-17(20)18-15(10-6-2)16(19)21-12-7-3/h14-15H,5-13H2,1-4H3,(H,18,20). The molecule has 1 amide bonds. The molecule has 0 aromatic carbocycles. The molecule has 0 aromatic heterocycles. The molecule has 5 heteroatoms. The SMILES string of the molecule is CCCCC(CC)COC(=O)NC(CCC)C(=O)OCCC. The van der Waals surface area contributed by atoms with E-state index in [2.05, 4.69) is 19.2 Å². The summed E-state index contributed by atoms with van der Waals surface area (Å²) in [6.45, 7) is 8.94. The van der Waals surface area contributed by atoms with Crippen molar-refractivity contribution in [2.24, 2.45) is 5.92 Å². The van der Waals surface area contributed by atoms with Crippen molar-refractivity contribution in [3.63, 3.8) is 0 Å². The van der Waals surface area contributed by atoms with E-state index in [1.54, 1.807) is 0 Å². The fourth-order valence-corrected chi connectivity index (χ4v) is 2.12. The summed E-state index contributed by atoms with van der Waals surface area (Å²) in [5.41, 5.74) is 0. The van der Waals surface area contributed by atoms with Gasteiger partial charge in [0.05, 0.1) is 13.2 Å². The van der Waals surface area contributed by atoms with Gasteiger partial charge in [-0.3, -0.25) is 0 Å². The van der Waals surface area contributed by atoms with E-state index in [9.17, 15) is 9.59 Å². The average molecular weight is 315 g/mol. The van der Waals surface area contributed by atoms with Crippen molar-refractivity contribution in [2.45, 2.75) is 78.7 Å². The molecule has 2 atom stereocenters. The first-order valence-corrected chi connectivity index (χ1v) is 8.68. The van der Waals surface area contributed by atoms with Crippen molar-refractivity contribution in [3.05, 3.63) is 0 Å². The third-order valence-electron chi connectivity index (χ3n) is 3.60. The van der Waals surface area contributed by atoms with Crippen LogP contribution in [-0.4, -0.2) is 31.3 Å². The maximum absolute atomic E-state index is 11.9. The summed E-state index contributed by atoms with van der Waals surface area (Å²) in [6, 6.07) is -0.611. The highest BCUT2D eigenvalue weighted by Crippen LogP contribution is 2.13. The fraction of sp³-hybridized carbons (Fsp3) is 0.882. The molecule has 0 aromatic rings. The molecular weight excluding hydrogens is 282 g/mol. The van der Waals surface area contributed by atoms with Gasteiger partial charge in [-0.2, -0.15) is 0 Å². The Morgan fingerprint density at radius 3 is 2.23 bits per heavy atom. The molecular formula is C17H33NO4. The maximum atomic E-state index is 11.9. The van der Waals surface area contributed by atoms with E-state index in [4.69, 9.17) is 9.47 Å². The van der Waals surface area contributed by atoms with Gasteiger partial charge >= 0.3 is 12.1 Å². The molecule has 130 valence electrons. The van der Waals surface area contributed by atoms with Gasteiger partial charge in [0.15, 0.2) is 0 Å². The van der Waals surface area contributed by atoms with E-state index in [-0.39, 0.29) is 5.97 Å². The van der Waals surface area contributed by atoms with Crippen LogP contribution in [-0.2, 0) is 14.3 Å². The highest BCUT2D eigenvalue weighted by molar-refractivity contribution is 5.81. The van der Waals surface area contributed by atoms with E-state index in [1.165, 1.54) is 0 Å². The Hall–Kier alpha value is -1.26. The molecule has 5 nitrogen and oxygen atoms in total. The maximum Gasteiger partial charge on any atom is 0.407 e. The normalized spacial score (nSPS) is 13.3. The summed E-state index contributed by atoms with van der Waals surface area (Å²) in [4.78, 5) is 23.7. The molecule has 22 heavy (non-hydrogen) atoms.